The Bertz CT molecular complexity index is 320. The molecule has 1 amide bonds. The van der Waals surface area contributed by atoms with E-state index < -0.39 is 0 Å². The van der Waals surface area contributed by atoms with E-state index in [1.54, 1.807) is 11.3 Å². The van der Waals surface area contributed by atoms with Gasteiger partial charge in [0.05, 0.1) is 5.56 Å². The van der Waals surface area contributed by atoms with Gasteiger partial charge in [0.25, 0.3) is 0 Å². The Balaban J connectivity index is 2.29. The van der Waals surface area contributed by atoms with E-state index in [0.29, 0.717) is 5.56 Å². The molecule has 1 rings (SSSR count). The lowest BCUT2D eigenvalue weighted by molar-refractivity contribution is 0.100. The zero-order valence-corrected chi connectivity index (χ0v) is 10.1. The minimum atomic E-state index is -0.348. The first-order chi connectivity index (χ1) is 7.09. The van der Waals surface area contributed by atoms with Crippen molar-refractivity contribution in [3.8, 4) is 0 Å². The van der Waals surface area contributed by atoms with Crippen molar-refractivity contribution in [1.29, 1.82) is 0 Å². The van der Waals surface area contributed by atoms with E-state index in [2.05, 4.69) is 19.2 Å². The van der Waals surface area contributed by atoms with Gasteiger partial charge in [0.2, 0.25) is 5.91 Å². The van der Waals surface area contributed by atoms with Gasteiger partial charge in [-0.2, -0.15) is 0 Å². The molecule has 0 unspecified atom stereocenters. The lowest BCUT2D eigenvalue weighted by Gasteiger charge is -2.05. The van der Waals surface area contributed by atoms with Crippen molar-refractivity contribution in [2.75, 3.05) is 6.54 Å². The van der Waals surface area contributed by atoms with Gasteiger partial charge in [-0.3, -0.25) is 4.79 Å². The molecule has 0 aliphatic heterocycles. The average Bonchev–Trinajstić information content (AvgIpc) is 2.60. The molecule has 15 heavy (non-hydrogen) atoms. The highest BCUT2D eigenvalue weighted by atomic mass is 32.1. The number of hydrogen-bond donors (Lipinski definition) is 2. The predicted octanol–water partition coefficient (Wildman–Crippen LogP) is 1.98. The van der Waals surface area contributed by atoms with Crippen molar-refractivity contribution < 1.29 is 4.79 Å². The van der Waals surface area contributed by atoms with Crippen LogP contribution in [-0.4, -0.2) is 12.5 Å². The summed E-state index contributed by atoms with van der Waals surface area (Å²) < 4.78 is 0. The molecule has 0 fully saturated rings. The Labute approximate surface area is 94.7 Å². The zero-order chi connectivity index (χ0) is 11.3. The second-order valence-electron chi connectivity index (χ2n) is 4.03. The van der Waals surface area contributed by atoms with Crippen LogP contribution in [0.1, 0.15) is 35.5 Å². The summed E-state index contributed by atoms with van der Waals surface area (Å²) in [5, 5.41) is 5.15. The molecule has 0 radical (unpaired) electrons. The van der Waals surface area contributed by atoms with Crippen molar-refractivity contribution >= 4 is 17.2 Å². The molecule has 0 bridgehead atoms. The molecule has 0 spiro atoms. The molecule has 0 aromatic carbocycles. The molecule has 0 aliphatic rings. The molecule has 1 heterocycles. The summed E-state index contributed by atoms with van der Waals surface area (Å²) in [6.07, 6.45) is 1.17. The molecule has 0 aliphatic carbocycles. The van der Waals surface area contributed by atoms with E-state index in [1.807, 2.05) is 11.4 Å². The van der Waals surface area contributed by atoms with Crippen molar-refractivity contribution in [3.05, 3.63) is 21.9 Å². The maximum atomic E-state index is 10.8. The van der Waals surface area contributed by atoms with E-state index in [1.165, 1.54) is 6.42 Å². The maximum Gasteiger partial charge on any atom is 0.249 e. The van der Waals surface area contributed by atoms with Gasteiger partial charge in [-0.25, -0.2) is 0 Å². The zero-order valence-electron chi connectivity index (χ0n) is 9.25. The number of nitrogens with one attached hydrogen (secondary N) is 1. The number of thiophene rings is 1. The monoisotopic (exact) mass is 226 g/mol. The first kappa shape index (κ1) is 12.2. The summed E-state index contributed by atoms with van der Waals surface area (Å²) in [5.74, 6) is 0.377. The van der Waals surface area contributed by atoms with Crippen LogP contribution >= 0.6 is 11.3 Å². The lowest BCUT2D eigenvalue weighted by Crippen LogP contribution is -2.15. The minimum Gasteiger partial charge on any atom is -0.366 e. The first-order valence-corrected chi connectivity index (χ1v) is 6.05. The largest absolute Gasteiger partial charge is 0.366 e. The third-order valence-electron chi connectivity index (χ3n) is 2.14. The molecule has 0 atom stereocenters. The van der Waals surface area contributed by atoms with Crippen LogP contribution in [0.5, 0.6) is 0 Å². The molecule has 4 heteroatoms. The molecule has 3 nitrogen and oxygen atoms in total. The average molecular weight is 226 g/mol. The number of carbonyl (C=O) groups excluding carboxylic acids is 1. The molecule has 84 valence electrons. The number of primary amides is 1. The predicted molar refractivity (Wildman–Crippen MR) is 64.0 cm³/mol. The number of carbonyl (C=O) groups is 1. The molecular weight excluding hydrogens is 208 g/mol. The number of hydrogen-bond acceptors (Lipinski definition) is 3. The summed E-state index contributed by atoms with van der Waals surface area (Å²) in [4.78, 5) is 12.0. The number of rotatable bonds is 6. The topological polar surface area (TPSA) is 55.1 Å². The van der Waals surface area contributed by atoms with Gasteiger partial charge in [0.1, 0.15) is 0 Å². The highest BCUT2D eigenvalue weighted by Gasteiger charge is 2.04. The molecule has 0 saturated carbocycles. The molecule has 0 saturated heterocycles. The van der Waals surface area contributed by atoms with Gasteiger partial charge in [0.15, 0.2) is 0 Å². The molecule has 3 N–H and O–H groups in total. The summed E-state index contributed by atoms with van der Waals surface area (Å²) in [6.45, 7) is 6.25. The van der Waals surface area contributed by atoms with Crippen LogP contribution in [0, 0.1) is 5.92 Å². The highest BCUT2D eigenvalue weighted by Crippen LogP contribution is 2.13. The van der Waals surface area contributed by atoms with E-state index in [-0.39, 0.29) is 5.91 Å². The van der Waals surface area contributed by atoms with Crippen molar-refractivity contribution in [2.24, 2.45) is 11.7 Å². The highest BCUT2D eigenvalue weighted by molar-refractivity contribution is 7.10. The minimum absolute atomic E-state index is 0.348. The SMILES string of the molecule is CC(C)CCNCc1cc(C(N)=O)cs1. The third-order valence-corrected chi connectivity index (χ3v) is 3.07. The van der Waals surface area contributed by atoms with Crippen LogP contribution in [-0.2, 0) is 6.54 Å². The molecule has 1 aromatic heterocycles. The Morgan fingerprint density at radius 3 is 2.87 bits per heavy atom. The summed E-state index contributed by atoms with van der Waals surface area (Å²) in [6, 6.07) is 1.86. The second-order valence-corrected chi connectivity index (χ2v) is 5.02. The van der Waals surface area contributed by atoms with Crippen molar-refractivity contribution in [2.45, 2.75) is 26.8 Å². The lowest BCUT2D eigenvalue weighted by atomic mass is 10.1. The molecular formula is C11H18N2OS. The van der Waals surface area contributed by atoms with Gasteiger partial charge >= 0.3 is 0 Å². The van der Waals surface area contributed by atoms with Crippen LogP contribution in [0.2, 0.25) is 0 Å². The van der Waals surface area contributed by atoms with E-state index >= 15 is 0 Å². The first-order valence-electron chi connectivity index (χ1n) is 5.17. The fourth-order valence-electron chi connectivity index (χ4n) is 1.20. The van der Waals surface area contributed by atoms with Gasteiger partial charge in [-0.1, -0.05) is 13.8 Å². The van der Waals surface area contributed by atoms with Crippen LogP contribution < -0.4 is 11.1 Å². The van der Waals surface area contributed by atoms with Crippen LogP contribution in [0.3, 0.4) is 0 Å². The summed E-state index contributed by atoms with van der Waals surface area (Å²) in [7, 11) is 0. The van der Waals surface area contributed by atoms with E-state index in [0.717, 1.165) is 23.9 Å². The maximum absolute atomic E-state index is 10.8. The Morgan fingerprint density at radius 1 is 1.60 bits per heavy atom. The molecule has 1 aromatic rings. The van der Waals surface area contributed by atoms with Crippen LogP contribution in [0.4, 0.5) is 0 Å². The normalized spacial score (nSPS) is 10.9. The van der Waals surface area contributed by atoms with Gasteiger partial charge in [-0.15, -0.1) is 11.3 Å². The van der Waals surface area contributed by atoms with E-state index in [9.17, 15) is 4.79 Å². The quantitative estimate of drug-likeness (QED) is 0.729. The second kappa shape index (κ2) is 5.88. The van der Waals surface area contributed by atoms with Crippen LogP contribution in [0.15, 0.2) is 11.4 Å². The van der Waals surface area contributed by atoms with Crippen molar-refractivity contribution in [3.63, 3.8) is 0 Å². The van der Waals surface area contributed by atoms with Crippen molar-refractivity contribution in [1.82, 2.24) is 5.32 Å². The van der Waals surface area contributed by atoms with Gasteiger partial charge < -0.3 is 11.1 Å². The smallest absolute Gasteiger partial charge is 0.249 e. The van der Waals surface area contributed by atoms with Gasteiger partial charge in [0, 0.05) is 16.8 Å². The number of nitrogens with two attached hydrogens (primary N) is 1. The number of amides is 1. The fourth-order valence-corrected chi connectivity index (χ4v) is 2.05. The van der Waals surface area contributed by atoms with Gasteiger partial charge in [-0.05, 0) is 24.9 Å². The third kappa shape index (κ3) is 4.44. The van der Waals surface area contributed by atoms with Crippen LogP contribution in [0.25, 0.3) is 0 Å². The van der Waals surface area contributed by atoms with E-state index in [4.69, 9.17) is 5.73 Å². The Kier molecular flexibility index (Phi) is 4.78. The summed E-state index contributed by atoms with van der Waals surface area (Å²) >= 11 is 1.57. The Morgan fingerprint density at radius 2 is 2.33 bits per heavy atom. The Hall–Kier alpha value is -0.870. The standard InChI is InChI=1S/C11H18N2OS/c1-8(2)3-4-13-6-10-5-9(7-15-10)11(12)14/h5,7-8,13H,3-4,6H2,1-2H3,(H2,12,14). The fraction of sp³-hybridized carbons (Fsp3) is 0.545. The summed E-state index contributed by atoms with van der Waals surface area (Å²) in [5.41, 5.74) is 5.78.